The van der Waals surface area contributed by atoms with Gasteiger partial charge >= 0.3 is 0 Å². The average Bonchev–Trinajstić information content (AvgIpc) is 2.23. The van der Waals surface area contributed by atoms with E-state index in [9.17, 15) is 0 Å². The van der Waals surface area contributed by atoms with Gasteiger partial charge in [0.1, 0.15) is 17.0 Å². The molecule has 16 heavy (non-hydrogen) atoms. The number of thioether (sulfide) groups is 1. The third kappa shape index (κ3) is 3.86. The Balaban J connectivity index is 2.62. The van der Waals surface area contributed by atoms with Crippen LogP contribution in [0, 0.1) is 0 Å². The van der Waals surface area contributed by atoms with E-state index in [0.717, 1.165) is 17.3 Å². The topological polar surface area (TPSA) is 64.3 Å². The molecule has 0 aliphatic carbocycles. The molecule has 0 unspecified atom stereocenters. The zero-order valence-electron chi connectivity index (χ0n) is 9.93. The maximum atomic E-state index is 5.90. The number of hydrogen-bond donors (Lipinski definition) is 1. The van der Waals surface area contributed by atoms with Crippen molar-refractivity contribution in [1.82, 2.24) is 14.9 Å². The lowest BCUT2D eigenvalue weighted by molar-refractivity contribution is 0.327. The molecule has 0 aliphatic rings. The first-order valence-electron chi connectivity index (χ1n) is 5.16. The second-order valence-corrected chi connectivity index (χ2v) is 4.57. The van der Waals surface area contributed by atoms with E-state index in [0.29, 0.717) is 18.2 Å². The summed E-state index contributed by atoms with van der Waals surface area (Å²) in [5, 5.41) is 0.792. The number of nitrogen functional groups attached to an aromatic ring is 1. The Morgan fingerprint density at radius 2 is 2.19 bits per heavy atom. The minimum absolute atomic E-state index is 0.477. The summed E-state index contributed by atoms with van der Waals surface area (Å²) in [5.74, 6) is 1.42. The van der Waals surface area contributed by atoms with Crippen molar-refractivity contribution in [2.45, 2.75) is 11.9 Å². The zero-order chi connectivity index (χ0) is 12.0. The van der Waals surface area contributed by atoms with Crippen molar-refractivity contribution in [3.8, 4) is 5.88 Å². The molecular formula is C10H18N4OS. The van der Waals surface area contributed by atoms with Gasteiger partial charge < -0.3 is 15.4 Å². The number of nitrogens with two attached hydrogens (primary N) is 1. The fourth-order valence-electron chi connectivity index (χ4n) is 1.06. The Morgan fingerprint density at radius 3 is 2.81 bits per heavy atom. The van der Waals surface area contributed by atoms with Crippen LogP contribution >= 0.6 is 11.8 Å². The Bertz CT molecular complexity index is 333. The molecule has 6 heteroatoms. The van der Waals surface area contributed by atoms with Gasteiger partial charge in [-0.25, -0.2) is 4.98 Å². The number of aromatic nitrogens is 2. The Hall–Kier alpha value is -1.01. The highest BCUT2D eigenvalue weighted by Crippen LogP contribution is 2.28. The van der Waals surface area contributed by atoms with Crippen LogP contribution in [0.25, 0.3) is 0 Å². The highest BCUT2D eigenvalue weighted by atomic mass is 32.2. The van der Waals surface area contributed by atoms with Crippen molar-refractivity contribution in [1.29, 1.82) is 0 Å². The summed E-state index contributed by atoms with van der Waals surface area (Å²) >= 11 is 1.62. The molecule has 5 nitrogen and oxygen atoms in total. The Morgan fingerprint density at radius 1 is 1.44 bits per heavy atom. The lowest BCUT2D eigenvalue weighted by Crippen LogP contribution is -2.15. The maximum absolute atomic E-state index is 5.90. The number of nitrogens with zero attached hydrogens (tertiary/aromatic N) is 3. The third-order valence-corrected chi connectivity index (χ3v) is 2.85. The number of rotatable bonds is 6. The van der Waals surface area contributed by atoms with Gasteiger partial charge in [-0.05, 0) is 21.0 Å². The molecule has 0 atom stereocenters. The molecule has 90 valence electrons. The SMILES string of the molecule is CCOc1ncnc(SCCN(C)C)c1N. The monoisotopic (exact) mass is 242 g/mol. The van der Waals surface area contributed by atoms with Crippen LogP contribution in [0.2, 0.25) is 0 Å². The molecule has 0 radical (unpaired) electrons. The summed E-state index contributed by atoms with van der Waals surface area (Å²) in [6.07, 6.45) is 1.49. The van der Waals surface area contributed by atoms with Crippen molar-refractivity contribution in [3.05, 3.63) is 6.33 Å². The van der Waals surface area contributed by atoms with E-state index in [1.807, 2.05) is 21.0 Å². The second kappa shape index (κ2) is 6.55. The molecule has 2 N–H and O–H groups in total. The molecule has 0 saturated heterocycles. The van der Waals surface area contributed by atoms with E-state index < -0.39 is 0 Å². The predicted molar refractivity (Wildman–Crippen MR) is 66.9 cm³/mol. The summed E-state index contributed by atoms with van der Waals surface area (Å²) in [6.45, 7) is 3.45. The van der Waals surface area contributed by atoms with Gasteiger partial charge in [0, 0.05) is 12.3 Å². The quantitative estimate of drug-likeness (QED) is 0.595. The van der Waals surface area contributed by atoms with Gasteiger partial charge in [-0.3, -0.25) is 0 Å². The van der Waals surface area contributed by atoms with E-state index in [4.69, 9.17) is 10.5 Å². The van der Waals surface area contributed by atoms with Gasteiger partial charge in [0.15, 0.2) is 0 Å². The number of ether oxygens (including phenoxy) is 1. The number of hydrogen-bond acceptors (Lipinski definition) is 6. The van der Waals surface area contributed by atoms with Crippen molar-refractivity contribution in [2.24, 2.45) is 0 Å². The van der Waals surface area contributed by atoms with Crippen LogP contribution in [0.5, 0.6) is 5.88 Å². The largest absolute Gasteiger partial charge is 0.476 e. The molecule has 1 heterocycles. The van der Waals surface area contributed by atoms with Crippen molar-refractivity contribution >= 4 is 17.4 Å². The minimum Gasteiger partial charge on any atom is -0.476 e. The van der Waals surface area contributed by atoms with Gasteiger partial charge in [-0.15, -0.1) is 11.8 Å². The lowest BCUT2D eigenvalue weighted by atomic mass is 10.5. The highest BCUT2D eigenvalue weighted by Gasteiger charge is 2.09. The van der Waals surface area contributed by atoms with Crippen LogP contribution in [-0.2, 0) is 0 Å². The van der Waals surface area contributed by atoms with Crippen LogP contribution in [0.1, 0.15) is 6.92 Å². The molecule has 1 aromatic rings. The van der Waals surface area contributed by atoms with Gasteiger partial charge in [0.2, 0.25) is 5.88 Å². The molecule has 1 aromatic heterocycles. The van der Waals surface area contributed by atoms with Gasteiger partial charge in [0.05, 0.1) is 6.61 Å². The molecular weight excluding hydrogens is 224 g/mol. The van der Waals surface area contributed by atoms with Crippen LogP contribution in [0.3, 0.4) is 0 Å². The first kappa shape index (κ1) is 13.1. The minimum atomic E-state index is 0.477. The summed E-state index contributed by atoms with van der Waals surface area (Å²) < 4.78 is 5.30. The van der Waals surface area contributed by atoms with E-state index in [-0.39, 0.29) is 0 Å². The summed E-state index contributed by atoms with van der Waals surface area (Å²) in [6, 6.07) is 0. The Labute approximate surface area is 100 Å². The summed E-state index contributed by atoms with van der Waals surface area (Å²) in [4.78, 5) is 10.3. The molecule has 0 amide bonds. The van der Waals surface area contributed by atoms with E-state index in [1.54, 1.807) is 11.8 Å². The van der Waals surface area contributed by atoms with Crippen LogP contribution < -0.4 is 10.5 Å². The van der Waals surface area contributed by atoms with Crippen molar-refractivity contribution in [3.63, 3.8) is 0 Å². The first-order chi connectivity index (χ1) is 7.65. The second-order valence-electron chi connectivity index (χ2n) is 3.48. The first-order valence-corrected chi connectivity index (χ1v) is 6.14. The third-order valence-electron chi connectivity index (χ3n) is 1.87. The molecule has 1 rings (SSSR count). The fraction of sp³-hybridized carbons (Fsp3) is 0.600. The fourth-order valence-corrected chi connectivity index (χ4v) is 2.07. The summed E-state index contributed by atoms with van der Waals surface area (Å²) in [5.41, 5.74) is 6.44. The Kier molecular flexibility index (Phi) is 5.34. The van der Waals surface area contributed by atoms with Crippen molar-refractivity contribution in [2.75, 3.05) is 38.7 Å². The van der Waals surface area contributed by atoms with E-state index in [2.05, 4.69) is 14.9 Å². The summed E-state index contributed by atoms with van der Waals surface area (Å²) in [7, 11) is 4.07. The van der Waals surface area contributed by atoms with E-state index in [1.165, 1.54) is 6.33 Å². The number of anilines is 1. The van der Waals surface area contributed by atoms with Gasteiger partial charge in [0.25, 0.3) is 0 Å². The van der Waals surface area contributed by atoms with Crippen LogP contribution in [0.15, 0.2) is 11.4 Å². The maximum Gasteiger partial charge on any atom is 0.241 e. The smallest absolute Gasteiger partial charge is 0.241 e. The van der Waals surface area contributed by atoms with Gasteiger partial charge in [-0.1, -0.05) is 0 Å². The predicted octanol–water partition coefficient (Wildman–Crippen LogP) is 1.11. The molecule has 0 saturated carbocycles. The zero-order valence-corrected chi connectivity index (χ0v) is 10.8. The van der Waals surface area contributed by atoms with Gasteiger partial charge in [-0.2, -0.15) is 4.98 Å². The highest BCUT2D eigenvalue weighted by molar-refractivity contribution is 7.99. The average molecular weight is 242 g/mol. The standard InChI is InChI=1S/C10H18N4OS/c1-4-15-9-8(11)10(13-7-12-9)16-6-5-14(2)3/h7H,4-6,11H2,1-3H3. The molecule has 0 aromatic carbocycles. The lowest BCUT2D eigenvalue weighted by Gasteiger charge is -2.10. The van der Waals surface area contributed by atoms with E-state index >= 15 is 0 Å². The normalized spacial score (nSPS) is 10.8. The van der Waals surface area contributed by atoms with Crippen molar-refractivity contribution < 1.29 is 4.74 Å². The molecule has 0 bridgehead atoms. The van der Waals surface area contributed by atoms with Crippen LogP contribution in [-0.4, -0.2) is 47.9 Å². The molecule has 0 spiro atoms. The molecule has 0 aliphatic heterocycles. The van der Waals surface area contributed by atoms with Crippen LogP contribution in [0.4, 0.5) is 5.69 Å². The molecule has 0 fully saturated rings.